The Labute approximate surface area is 110 Å². The smallest absolute Gasteiger partial charge is 0.0998 e. The molecule has 4 rings (SSSR count). The Morgan fingerprint density at radius 2 is 1.63 bits per heavy atom. The Kier molecular flexibility index (Phi) is 1.80. The summed E-state index contributed by atoms with van der Waals surface area (Å²) in [7, 11) is 0. The van der Waals surface area contributed by atoms with Crippen molar-refractivity contribution in [2.75, 3.05) is 5.73 Å². The third-order valence-electron chi connectivity index (χ3n) is 3.80. The largest absolute Gasteiger partial charge is 0.398 e. The van der Waals surface area contributed by atoms with Crippen molar-refractivity contribution in [2.24, 2.45) is 0 Å². The van der Waals surface area contributed by atoms with Crippen LogP contribution in [0.3, 0.4) is 0 Å². The van der Waals surface area contributed by atoms with E-state index in [0.717, 1.165) is 27.2 Å². The molecule has 0 saturated carbocycles. The molecule has 4 aromatic carbocycles. The fraction of sp³-hybridized carbons (Fsp3) is 0. The van der Waals surface area contributed by atoms with E-state index in [-0.39, 0.29) is 0 Å². The first-order valence-electron chi connectivity index (χ1n) is 6.16. The Morgan fingerprint density at radius 1 is 0.842 bits per heavy atom. The highest BCUT2D eigenvalue weighted by Gasteiger charge is 2.12. The minimum Gasteiger partial charge on any atom is -0.398 e. The normalized spacial score (nSPS) is 11.3. The molecule has 0 aromatic heterocycles. The molecular weight excluding hydrogens is 232 g/mol. The SMILES string of the molecule is N#Cc1cc2cccc3ccc4c(N)ccc1c4c32. The molecular formula is C17H10N2. The van der Waals surface area contributed by atoms with Gasteiger partial charge in [0.1, 0.15) is 0 Å². The molecule has 0 aliphatic carbocycles. The second-order valence-corrected chi connectivity index (χ2v) is 4.81. The molecule has 4 aromatic rings. The zero-order valence-electron chi connectivity index (χ0n) is 10.1. The summed E-state index contributed by atoms with van der Waals surface area (Å²) in [6.07, 6.45) is 0. The number of nitriles is 1. The van der Waals surface area contributed by atoms with Gasteiger partial charge in [-0.2, -0.15) is 5.26 Å². The first-order chi connectivity index (χ1) is 9.29. The summed E-state index contributed by atoms with van der Waals surface area (Å²) >= 11 is 0. The number of hydrogen-bond donors (Lipinski definition) is 1. The molecule has 0 radical (unpaired) electrons. The van der Waals surface area contributed by atoms with Gasteiger partial charge in [-0.3, -0.25) is 0 Å². The molecule has 0 spiro atoms. The van der Waals surface area contributed by atoms with Gasteiger partial charge in [0.15, 0.2) is 0 Å². The summed E-state index contributed by atoms with van der Waals surface area (Å²) < 4.78 is 0. The lowest BCUT2D eigenvalue weighted by Crippen LogP contribution is -1.91. The molecule has 88 valence electrons. The number of benzene rings is 4. The molecule has 2 N–H and O–H groups in total. The minimum absolute atomic E-state index is 0.705. The van der Waals surface area contributed by atoms with Gasteiger partial charge < -0.3 is 5.73 Å². The van der Waals surface area contributed by atoms with Crippen LogP contribution < -0.4 is 5.73 Å². The predicted octanol–water partition coefficient (Wildman–Crippen LogP) is 4.04. The summed E-state index contributed by atoms with van der Waals surface area (Å²) in [5.41, 5.74) is 7.54. The van der Waals surface area contributed by atoms with E-state index in [9.17, 15) is 5.26 Å². The van der Waals surface area contributed by atoms with Crippen LogP contribution in [0.1, 0.15) is 5.56 Å². The van der Waals surface area contributed by atoms with Crippen LogP contribution in [0.25, 0.3) is 32.3 Å². The van der Waals surface area contributed by atoms with Crippen molar-refractivity contribution >= 4 is 38.0 Å². The predicted molar refractivity (Wildman–Crippen MR) is 79.3 cm³/mol. The van der Waals surface area contributed by atoms with Gasteiger partial charge in [-0.15, -0.1) is 0 Å². The van der Waals surface area contributed by atoms with Crippen molar-refractivity contribution in [1.29, 1.82) is 5.26 Å². The van der Waals surface area contributed by atoms with Crippen LogP contribution in [-0.2, 0) is 0 Å². The Hall–Kier alpha value is -2.79. The van der Waals surface area contributed by atoms with E-state index < -0.39 is 0 Å². The molecule has 0 aliphatic heterocycles. The van der Waals surface area contributed by atoms with E-state index in [2.05, 4.69) is 18.2 Å². The monoisotopic (exact) mass is 242 g/mol. The molecule has 19 heavy (non-hydrogen) atoms. The van der Waals surface area contributed by atoms with Crippen molar-refractivity contribution in [2.45, 2.75) is 0 Å². The summed E-state index contributed by atoms with van der Waals surface area (Å²) in [6, 6.07) is 18.4. The number of nitrogens with two attached hydrogens (primary N) is 1. The van der Waals surface area contributed by atoms with E-state index in [1.54, 1.807) is 0 Å². The third-order valence-corrected chi connectivity index (χ3v) is 3.80. The van der Waals surface area contributed by atoms with Crippen LogP contribution in [-0.4, -0.2) is 0 Å². The van der Waals surface area contributed by atoms with Crippen LogP contribution in [0.15, 0.2) is 48.5 Å². The lowest BCUT2D eigenvalue weighted by atomic mass is 9.91. The van der Waals surface area contributed by atoms with Crippen LogP contribution >= 0.6 is 0 Å². The van der Waals surface area contributed by atoms with E-state index in [4.69, 9.17) is 5.73 Å². The molecule has 0 heterocycles. The van der Waals surface area contributed by atoms with E-state index in [0.29, 0.717) is 5.56 Å². The second kappa shape index (κ2) is 3.37. The van der Waals surface area contributed by atoms with Crippen LogP contribution in [0.2, 0.25) is 0 Å². The summed E-state index contributed by atoms with van der Waals surface area (Å²) in [5.74, 6) is 0. The Bertz CT molecular complexity index is 977. The van der Waals surface area contributed by atoms with Crippen molar-refractivity contribution in [1.82, 2.24) is 0 Å². The first-order valence-corrected chi connectivity index (χ1v) is 6.16. The van der Waals surface area contributed by atoms with Gasteiger partial charge in [0.05, 0.1) is 11.6 Å². The number of anilines is 1. The van der Waals surface area contributed by atoms with Crippen molar-refractivity contribution in [3.05, 3.63) is 54.1 Å². The Morgan fingerprint density at radius 3 is 2.47 bits per heavy atom. The van der Waals surface area contributed by atoms with Crippen LogP contribution in [0.4, 0.5) is 5.69 Å². The highest BCUT2D eigenvalue weighted by molar-refractivity contribution is 6.26. The highest BCUT2D eigenvalue weighted by atomic mass is 14.5. The molecule has 0 amide bonds. The molecule has 0 unspecified atom stereocenters. The van der Waals surface area contributed by atoms with Crippen molar-refractivity contribution in [3.8, 4) is 6.07 Å². The molecule has 0 aliphatic rings. The Balaban J connectivity index is 2.48. The number of rotatable bonds is 0. The number of hydrogen-bond acceptors (Lipinski definition) is 2. The maximum Gasteiger partial charge on any atom is 0.0998 e. The average Bonchev–Trinajstić information content (AvgIpc) is 2.46. The quantitative estimate of drug-likeness (QED) is 0.373. The molecule has 0 fully saturated rings. The molecule has 0 atom stereocenters. The second-order valence-electron chi connectivity index (χ2n) is 4.81. The lowest BCUT2D eigenvalue weighted by molar-refractivity contribution is 1.51. The molecule has 2 heteroatoms. The zero-order valence-corrected chi connectivity index (χ0v) is 10.1. The van der Waals surface area contributed by atoms with E-state index in [1.165, 1.54) is 10.8 Å². The number of nitrogens with zero attached hydrogens (tertiary/aromatic N) is 1. The van der Waals surface area contributed by atoms with Crippen molar-refractivity contribution in [3.63, 3.8) is 0 Å². The maximum absolute atomic E-state index is 9.34. The first kappa shape index (κ1) is 10.2. The maximum atomic E-state index is 9.34. The average molecular weight is 242 g/mol. The molecule has 2 nitrogen and oxygen atoms in total. The summed E-state index contributed by atoms with van der Waals surface area (Å²) in [4.78, 5) is 0. The van der Waals surface area contributed by atoms with E-state index >= 15 is 0 Å². The van der Waals surface area contributed by atoms with Gasteiger partial charge in [0.25, 0.3) is 0 Å². The zero-order chi connectivity index (χ0) is 13.0. The van der Waals surface area contributed by atoms with Crippen molar-refractivity contribution < 1.29 is 0 Å². The van der Waals surface area contributed by atoms with Gasteiger partial charge >= 0.3 is 0 Å². The topological polar surface area (TPSA) is 49.8 Å². The summed E-state index contributed by atoms with van der Waals surface area (Å²) in [5, 5.41) is 15.9. The summed E-state index contributed by atoms with van der Waals surface area (Å²) in [6.45, 7) is 0. The lowest BCUT2D eigenvalue weighted by Gasteiger charge is -2.13. The molecule has 0 bridgehead atoms. The van der Waals surface area contributed by atoms with Crippen LogP contribution in [0.5, 0.6) is 0 Å². The van der Waals surface area contributed by atoms with Gasteiger partial charge in [-0.25, -0.2) is 0 Å². The van der Waals surface area contributed by atoms with Gasteiger partial charge in [-0.05, 0) is 28.3 Å². The number of nitrogen functional groups attached to an aromatic ring is 1. The standard InChI is InChI=1S/C17H10N2/c18-9-12-8-11-3-1-2-10-4-5-14-15(19)7-6-13(12)17(14)16(10)11/h1-8H,19H2. The highest BCUT2D eigenvalue weighted by Crippen LogP contribution is 2.38. The molecule has 0 saturated heterocycles. The fourth-order valence-corrected chi connectivity index (χ4v) is 2.94. The van der Waals surface area contributed by atoms with Gasteiger partial charge in [-0.1, -0.05) is 36.4 Å². The van der Waals surface area contributed by atoms with E-state index in [1.807, 2.05) is 36.4 Å². The fourth-order valence-electron chi connectivity index (χ4n) is 2.94. The van der Waals surface area contributed by atoms with Crippen LogP contribution in [0, 0.1) is 11.3 Å². The third kappa shape index (κ3) is 1.19. The minimum atomic E-state index is 0.705. The van der Waals surface area contributed by atoms with Gasteiger partial charge in [0, 0.05) is 21.8 Å². The van der Waals surface area contributed by atoms with Gasteiger partial charge in [0.2, 0.25) is 0 Å².